The number of sulfonamides is 1. The zero-order chi connectivity index (χ0) is 26.5. The van der Waals surface area contributed by atoms with Crippen LogP contribution in [-0.4, -0.2) is 50.6 Å². The molecule has 1 unspecified atom stereocenters. The van der Waals surface area contributed by atoms with E-state index in [2.05, 4.69) is 27.5 Å². The summed E-state index contributed by atoms with van der Waals surface area (Å²) in [6.45, 7) is 2.79. The van der Waals surface area contributed by atoms with Gasteiger partial charge >= 0.3 is 0 Å². The summed E-state index contributed by atoms with van der Waals surface area (Å²) in [6.07, 6.45) is 4.29. The SMILES string of the molecule is Cc1cc2c(cc1C1(Cc3ccccc3)CCN(S(=O)(=O)c3cnn(C)c3)C1)nnn2-c1ccc(F)cc1. The Balaban J connectivity index is 1.44. The first-order chi connectivity index (χ1) is 18.2. The second-order valence-corrected chi connectivity index (χ2v) is 12.0. The van der Waals surface area contributed by atoms with E-state index in [9.17, 15) is 12.8 Å². The normalized spacial score (nSPS) is 18.4. The van der Waals surface area contributed by atoms with E-state index in [-0.39, 0.29) is 10.7 Å². The lowest BCUT2D eigenvalue weighted by Crippen LogP contribution is -2.36. The summed E-state index contributed by atoms with van der Waals surface area (Å²) in [6, 6.07) is 20.4. The third-order valence-corrected chi connectivity index (χ3v) is 9.26. The lowest BCUT2D eigenvalue weighted by atomic mass is 9.73. The fourth-order valence-corrected chi connectivity index (χ4v) is 7.10. The standard InChI is InChI=1S/C28H27FN6O2S/c1-20-14-27-26(31-32-35(27)23-10-8-22(29)9-11-23)15-25(20)28(16-21-6-4-3-5-7-21)12-13-34(19-28)38(36,37)24-17-30-33(2)18-24/h3-11,14-15,17-18H,12-13,16,19H2,1-2H3. The average molecular weight is 531 g/mol. The first-order valence-electron chi connectivity index (χ1n) is 12.4. The van der Waals surface area contributed by atoms with Crippen LogP contribution >= 0.6 is 0 Å². The summed E-state index contributed by atoms with van der Waals surface area (Å²) in [5, 5.41) is 12.8. The summed E-state index contributed by atoms with van der Waals surface area (Å²) in [4.78, 5) is 0.199. The molecule has 8 nitrogen and oxygen atoms in total. The maximum Gasteiger partial charge on any atom is 0.246 e. The van der Waals surface area contributed by atoms with Crippen LogP contribution in [0, 0.1) is 12.7 Å². The minimum atomic E-state index is -3.69. The molecule has 0 radical (unpaired) electrons. The van der Waals surface area contributed by atoms with Crippen molar-refractivity contribution in [2.75, 3.05) is 13.1 Å². The summed E-state index contributed by atoms with van der Waals surface area (Å²) >= 11 is 0. The van der Waals surface area contributed by atoms with E-state index < -0.39 is 15.4 Å². The van der Waals surface area contributed by atoms with Crippen molar-refractivity contribution in [1.82, 2.24) is 29.1 Å². The van der Waals surface area contributed by atoms with Crippen LogP contribution in [-0.2, 0) is 28.9 Å². The van der Waals surface area contributed by atoms with Gasteiger partial charge in [0.2, 0.25) is 10.0 Å². The summed E-state index contributed by atoms with van der Waals surface area (Å²) in [5.41, 5.74) is 5.01. The Morgan fingerprint density at radius 1 is 1.05 bits per heavy atom. The molecule has 5 aromatic rings. The number of aromatic nitrogens is 5. The number of benzene rings is 3. The molecule has 0 N–H and O–H groups in total. The molecule has 0 amide bonds. The van der Waals surface area contributed by atoms with Gasteiger partial charge in [0.15, 0.2) is 0 Å². The van der Waals surface area contributed by atoms with Gasteiger partial charge in [-0.3, -0.25) is 4.68 Å². The van der Waals surface area contributed by atoms with E-state index in [1.54, 1.807) is 28.2 Å². The molecule has 1 aliphatic rings. The molecule has 3 aromatic carbocycles. The molecule has 1 fully saturated rings. The zero-order valence-electron chi connectivity index (χ0n) is 21.1. The maximum atomic E-state index is 13.5. The molecule has 0 bridgehead atoms. The van der Waals surface area contributed by atoms with E-state index in [1.807, 2.05) is 37.3 Å². The van der Waals surface area contributed by atoms with Crippen molar-refractivity contribution in [3.8, 4) is 5.69 Å². The topological polar surface area (TPSA) is 85.9 Å². The second kappa shape index (κ2) is 9.14. The van der Waals surface area contributed by atoms with E-state index in [0.717, 1.165) is 27.9 Å². The molecule has 38 heavy (non-hydrogen) atoms. The van der Waals surface area contributed by atoms with Gasteiger partial charge in [-0.25, -0.2) is 17.5 Å². The molecule has 1 saturated heterocycles. The monoisotopic (exact) mass is 530 g/mol. The molecule has 0 saturated carbocycles. The molecule has 6 rings (SSSR count). The van der Waals surface area contributed by atoms with Gasteiger partial charge in [0.1, 0.15) is 16.2 Å². The Hall–Kier alpha value is -3.89. The Morgan fingerprint density at radius 3 is 2.53 bits per heavy atom. The molecule has 1 atom stereocenters. The van der Waals surface area contributed by atoms with Gasteiger partial charge in [-0.05, 0) is 72.9 Å². The van der Waals surface area contributed by atoms with E-state index >= 15 is 0 Å². The van der Waals surface area contributed by atoms with Crippen LogP contribution in [0.2, 0.25) is 0 Å². The summed E-state index contributed by atoms with van der Waals surface area (Å²) in [7, 11) is -1.98. The van der Waals surface area contributed by atoms with Crippen LogP contribution in [0.15, 0.2) is 84.0 Å². The smallest absolute Gasteiger partial charge is 0.246 e. The van der Waals surface area contributed by atoms with Crippen molar-refractivity contribution < 1.29 is 12.8 Å². The predicted octanol–water partition coefficient (Wildman–Crippen LogP) is 4.18. The van der Waals surface area contributed by atoms with Gasteiger partial charge < -0.3 is 0 Å². The molecule has 1 aliphatic heterocycles. The number of nitrogens with zero attached hydrogens (tertiary/aromatic N) is 6. The minimum absolute atomic E-state index is 0.199. The number of aryl methyl sites for hydroxylation is 2. The lowest BCUT2D eigenvalue weighted by Gasteiger charge is -2.32. The molecule has 10 heteroatoms. The summed E-state index contributed by atoms with van der Waals surface area (Å²) < 4.78 is 45.3. The Morgan fingerprint density at radius 2 is 1.82 bits per heavy atom. The molecule has 2 aromatic heterocycles. The van der Waals surface area contributed by atoms with Gasteiger partial charge in [0, 0.05) is 31.7 Å². The number of hydrogen-bond donors (Lipinski definition) is 0. The average Bonchev–Trinajstić information content (AvgIpc) is 3.64. The molecule has 194 valence electrons. The molecule has 3 heterocycles. The Bertz CT molecular complexity index is 1730. The summed E-state index contributed by atoms with van der Waals surface area (Å²) in [5.74, 6) is -0.313. The molecule has 0 spiro atoms. The van der Waals surface area contributed by atoms with E-state index in [1.165, 1.54) is 29.2 Å². The van der Waals surface area contributed by atoms with Crippen molar-refractivity contribution >= 4 is 21.1 Å². The number of fused-ring (bicyclic) bond motifs is 1. The van der Waals surface area contributed by atoms with Gasteiger partial charge in [-0.1, -0.05) is 35.5 Å². The highest BCUT2D eigenvalue weighted by atomic mass is 32.2. The number of halogens is 1. The Kier molecular flexibility index (Phi) is 5.88. The van der Waals surface area contributed by atoms with Gasteiger partial charge in [-0.2, -0.15) is 9.40 Å². The quantitative estimate of drug-likeness (QED) is 0.329. The Labute approximate surface area is 220 Å². The molecular weight excluding hydrogens is 503 g/mol. The lowest BCUT2D eigenvalue weighted by molar-refractivity contribution is 0.413. The van der Waals surface area contributed by atoms with Gasteiger partial charge in [-0.15, -0.1) is 5.10 Å². The first-order valence-corrected chi connectivity index (χ1v) is 13.8. The molecular formula is C28H27FN6O2S. The van der Waals surface area contributed by atoms with Crippen molar-refractivity contribution in [2.24, 2.45) is 7.05 Å². The highest BCUT2D eigenvalue weighted by Crippen LogP contribution is 2.42. The largest absolute Gasteiger partial charge is 0.274 e. The van der Waals surface area contributed by atoms with Crippen molar-refractivity contribution in [1.29, 1.82) is 0 Å². The van der Waals surface area contributed by atoms with E-state index in [0.29, 0.717) is 31.4 Å². The highest BCUT2D eigenvalue weighted by Gasteiger charge is 2.45. The highest BCUT2D eigenvalue weighted by molar-refractivity contribution is 7.89. The van der Waals surface area contributed by atoms with Crippen molar-refractivity contribution in [3.63, 3.8) is 0 Å². The van der Waals surface area contributed by atoms with Crippen LogP contribution in [0.25, 0.3) is 16.7 Å². The van der Waals surface area contributed by atoms with Gasteiger partial charge in [0.25, 0.3) is 0 Å². The zero-order valence-corrected chi connectivity index (χ0v) is 21.9. The van der Waals surface area contributed by atoms with Crippen molar-refractivity contribution in [2.45, 2.75) is 30.1 Å². The fraction of sp³-hybridized carbons (Fsp3) is 0.250. The third-order valence-electron chi connectivity index (χ3n) is 7.46. The van der Waals surface area contributed by atoms with Crippen molar-refractivity contribution in [3.05, 3.63) is 102 Å². The maximum absolute atomic E-state index is 13.5. The van der Waals surface area contributed by atoms with Crippen LogP contribution in [0.5, 0.6) is 0 Å². The predicted molar refractivity (Wildman–Crippen MR) is 142 cm³/mol. The van der Waals surface area contributed by atoms with Crippen LogP contribution in [0.4, 0.5) is 4.39 Å². The number of rotatable bonds is 6. The fourth-order valence-electron chi connectivity index (χ4n) is 5.58. The minimum Gasteiger partial charge on any atom is -0.274 e. The van der Waals surface area contributed by atoms with Crippen LogP contribution in [0.1, 0.15) is 23.1 Å². The van der Waals surface area contributed by atoms with E-state index in [4.69, 9.17) is 0 Å². The van der Waals surface area contributed by atoms with Crippen LogP contribution in [0.3, 0.4) is 0 Å². The molecule has 0 aliphatic carbocycles. The number of hydrogen-bond acceptors (Lipinski definition) is 5. The first kappa shape index (κ1) is 24.4. The third kappa shape index (κ3) is 4.19. The van der Waals surface area contributed by atoms with Crippen LogP contribution < -0.4 is 0 Å². The van der Waals surface area contributed by atoms with Gasteiger partial charge in [0.05, 0.1) is 17.4 Å². The second-order valence-electron chi connectivity index (χ2n) is 10.0.